The lowest BCUT2D eigenvalue weighted by atomic mass is 10.2. The standard InChI is InChI=1S/C14H16BrN3O/c15-12-5-1-2-6-13(12)17-11(10-16)9-14(19)18-7-3-4-8-18/h1-2,5-6,11,17H,3-4,7-9H2. The maximum absolute atomic E-state index is 12.0. The lowest BCUT2D eigenvalue weighted by Gasteiger charge is -2.19. The third-order valence-electron chi connectivity index (χ3n) is 3.20. The summed E-state index contributed by atoms with van der Waals surface area (Å²) in [6, 6.07) is 9.25. The van der Waals surface area contributed by atoms with Crippen LogP contribution in [0.3, 0.4) is 0 Å². The first-order valence-electron chi connectivity index (χ1n) is 6.39. The molecule has 1 N–H and O–H groups in total. The Hall–Kier alpha value is -1.54. The van der Waals surface area contributed by atoms with Crippen LogP contribution >= 0.6 is 15.9 Å². The SMILES string of the molecule is N#CC(CC(=O)N1CCCC1)Nc1ccccc1Br. The molecule has 0 radical (unpaired) electrons. The Balaban J connectivity index is 1.95. The Morgan fingerprint density at radius 1 is 1.42 bits per heavy atom. The highest BCUT2D eigenvalue weighted by Crippen LogP contribution is 2.22. The third kappa shape index (κ3) is 3.71. The Morgan fingerprint density at radius 3 is 2.74 bits per heavy atom. The average molecular weight is 322 g/mol. The molecule has 4 nitrogen and oxygen atoms in total. The van der Waals surface area contributed by atoms with Crippen LogP contribution in [0, 0.1) is 11.3 Å². The molecule has 1 aliphatic rings. The molecule has 1 fully saturated rings. The molecule has 1 heterocycles. The molecular formula is C14H16BrN3O. The monoisotopic (exact) mass is 321 g/mol. The summed E-state index contributed by atoms with van der Waals surface area (Å²) in [6.45, 7) is 1.65. The second-order valence-electron chi connectivity index (χ2n) is 4.60. The lowest BCUT2D eigenvalue weighted by molar-refractivity contribution is -0.130. The molecule has 1 aliphatic heterocycles. The summed E-state index contributed by atoms with van der Waals surface area (Å²) in [5.74, 6) is 0.0589. The van der Waals surface area contributed by atoms with Gasteiger partial charge in [0.1, 0.15) is 6.04 Å². The molecule has 100 valence electrons. The fraction of sp³-hybridized carbons (Fsp3) is 0.429. The van der Waals surface area contributed by atoms with Crippen LogP contribution in [0.15, 0.2) is 28.7 Å². The topological polar surface area (TPSA) is 56.1 Å². The third-order valence-corrected chi connectivity index (χ3v) is 3.89. The van der Waals surface area contributed by atoms with Gasteiger partial charge >= 0.3 is 0 Å². The molecule has 1 aromatic rings. The van der Waals surface area contributed by atoms with Crippen molar-refractivity contribution in [3.63, 3.8) is 0 Å². The summed E-state index contributed by atoms with van der Waals surface area (Å²) < 4.78 is 0.892. The second-order valence-corrected chi connectivity index (χ2v) is 5.45. The molecule has 2 rings (SSSR count). The number of benzene rings is 1. The van der Waals surface area contributed by atoms with E-state index in [1.807, 2.05) is 29.2 Å². The first kappa shape index (κ1) is 13.9. The normalized spacial score (nSPS) is 15.9. The van der Waals surface area contributed by atoms with E-state index in [-0.39, 0.29) is 12.3 Å². The van der Waals surface area contributed by atoms with Crippen LogP contribution in [0.25, 0.3) is 0 Å². The summed E-state index contributed by atoms with van der Waals surface area (Å²) in [7, 11) is 0. The van der Waals surface area contributed by atoms with Crippen LogP contribution in [0.4, 0.5) is 5.69 Å². The van der Waals surface area contributed by atoms with Crippen LogP contribution in [0.2, 0.25) is 0 Å². The lowest BCUT2D eigenvalue weighted by Crippen LogP contribution is -2.32. The van der Waals surface area contributed by atoms with Crippen LogP contribution in [0.1, 0.15) is 19.3 Å². The van der Waals surface area contributed by atoms with E-state index >= 15 is 0 Å². The van der Waals surface area contributed by atoms with Crippen molar-refractivity contribution < 1.29 is 4.79 Å². The van der Waals surface area contributed by atoms with E-state index in [2.05, 4.69) is 27.3 Å². The zero-order valence-corrected chi connectivity index (χ0v) is 12.2. The van der Waals surface area contributed by atoms with Gasteiger partial charge in [-0.25, -0.2) is 0 Å². The fourth-order valence-electron chi connectivity index (χ4n) is 2.17. The van der Waals surface area contributed by atoms with Gasteiger partial charge in [-0.3, -0.25) is 4.79 Å². The first-order valence-corrected chi connectivity index (χ1v) is 7.18. The Kier molecular flexibility index (Phi) is 4.80. The maximum Gasteiger partial charge on any atom is 0.225 e. The number of rotatable bonds is 4. The molecule has 1 amide bonds. The smallest absolute Gasteiger partial charge is 0.225 e. The number of para-hydroxylation sites is 1. The molecule has 1 atom stereocenters. The highest BCUT2D eigenvalue weighted by molar-refractivity contribution is 9.10. The highest BCUT2D eigenvalue weighted by atomic mass is 79.9. The number of nitriles is 1. The maximum atomic E-state index is 12.0. The van der Waals surface area contributed by atoms with Crippen molar-refractivity contribution in [2.75, 3.05) is 18.4 Å². The van der Waals surface area contributed by atoms with Gasteiger partial charge < -0.3 is 10.2 Å². The van der Waals surface area contributed by atoms with Crippen molar-refractivity contribution in [3.05, 3.63) is 28.7 Å². The molecule has 0 bridgehead atoms. The van der Waals surface area contributed by atoms with Gasteiger partial charge in [-0.1, -0.05) is 12.1 Å². The van der Waals surface area contributed by atoms with E-state index in [9.17, 15) is 10.1 Å². The van der Waals surface area contributed by atoms with Crippen LogP contribution < -0.4 is 5.32 Å². The molecule has 0 aliphatic carbocycles. The van der Waals surface area contributed by atoms with Crippen molar-refractivity contribution in [3.8, 4) is 6.07 Å². The average Bonchev–Trinajstić information content (AvgIpc) is 2.94. The second kappa shape index (κ2) is 6.58. The van der Waals surface area contributed by atoms with Gasteiger partial charge in [-0.05, 0) is 40.9 Å². The zero-order chi connectivity index (χ0) is 13.7. The number of hydrogen-bond donors (Lipinski definition) is 1. The van der Waals surface area contributed by atoms with E-state index in [4.69, 9.17) is 0 Å². The molecule has 19 heavy (non-hydrogen) atoms. The van der Waals surface area contributed by atoms with Crippen LogP contribution in [-0.2, 0) is 4.79 Å². The molecular weight excluding hydrogens is 306 g/mol. The molecule has 1 unspecified atom stereocenters. The Bertz CT molecular complexity index is 492. The quantitative estimate of drug-likeness (QED) is 0.927. The Morgan fingerprint density at radius 2 is 2.11 bits per heavy atom. The van der Waals surface area contributed by atoms with Gasteiger partial charge in [0.2, 0.25) is 5.91 Å². The van der Waals surface area contributed by atoms with E-state index in [0.29, 0.717) is 0 Å². The fourth-order valence-corrected chi connectivity index (χ4v) is 2.56. The van der Waals surface area contributed by atoms with Gasteiger partial charge in [-0.2, -0.15) is 5.26 Å². The van der Waals surface area contributed by atoms with E-state index in [0.717, 1.165) is 36.1 Å². The van der Waals surface area contributed by atoms with Crippen molar-refractivity contribution in [1.29, 1.82) is 5.26 Å². The predicted octanol–water partition coefficient (Wildman–Crippen LogP) is 2.77. The summed E-state index contributed by atoms with van der Waals surface area (Å²) in [4.78, 5) is 13.9. The summed E-state index contributed by atoms with van der Waals surface area (Å²) >= 11 is 3.42. The number of halogens is 1. The van der Waals surface area contributed by atoms with Gasteiger partial charge in [0.05, 0.1) is 12.5 Å². The number of nitrogens with zero attached hydrogens (tertiary/aromatic N) is 2. The van der Waals surface area contributed by atoms with Crippen LogP contribution in [0.5, 0.6) is 0 Å². The summed E-state index contributed by atoms with van der Waals surface area (Å²) in [5.41, 5.74) is 0.836. The van der Waals surface area contributed by atoms with Crippen molar-refractivity contribution in [1.82, 2.24) is 4.90 Å². The molecule has 0 spiro atoms. The minimum absolute atomic E-state index is 0.0589. The summed E-state index contributed by atoms with van der Waals surface area (Å²) in [5, 5.41) is 12.3. The zero-order valence-electron chi connectivity index (χ0n) is 10.6. The van der Waals surface area contributed by atoms with Gasteiger partial charge in [0.15, 0.2) is 0 Å². The summed E-state index contributed by atoms with van der Waals surface area (Å²) in [6.07, 6.45) is 2.36. The number of likely N-dealkylation sites (tertiary alicyclic amines) is 1. The number of hydrogen-bond acceptors (Lipinski definition) is 3. The highest BCUT2D eigenvalue weighted by Gasteiger charge is 2.21. The van der Waals surface area contributed by atoms with Gasteiger partial charge in [-0.15, -0.1) is 0 Å². The minimum Gasteiger partial charge on any atom is -0.368 e. The number of carbonyl (C=O) groups excluding carboxylic acids is 1. The number of amides is 1. The molecule has 5 heteroatoms. The molecule has 1 saturated heterocycles. The molecule has 0 aromatic heterocycles. The number of nitrogens with one attached hydrogen (secondary N) is 1. The number of anilines is 1. The minimum atomic E-state index is -0.494. The van der Waals surface area contributed by atoms with Crippen molar-refractivity contribution >= 4 is 27.5 Å². The van der Waals surface area contributed by atoms with E-state index in [1.165, 1.54) is 0 Å². The largest absolute Gasteiger partial charge is 0.368 e. The number of carbonyl (C=O) groups is 1. The first-order chi connectivity index (χ1) is 9.20. The van der Waals surface area contributed by atoms with Crippen LogP contribution in [-0.4, -0.2) is 29.9 Å². The molecule has 1 aromatic carbocycles. The molecule has 0 saturated carbocycles. The van der Waals surface area contributed by atoms with Crippen molar-refractivity contribution in [2.24, 2.45) is 0 Å². The van der Waals surface area contributed by atoms with Crippen molar-refractivity contribution in [2.45, 2.75) is 25.3 Å². The van der Waals surface area contributed by atoms with E-state index in [1.54, 1.807) is 0 Å². The van der Waals surface area contributed by atoms with Gasteiger partial charge in [0, 0.05) is 23.2 Å². The predicted molar refractivity (Wildman–Crippen MR) is 77.6 cm³/mol. The van der Waals surface area contributed by atoms with Gasteiger partial charge in [0.25, 0.3) is 0 Å². The Labute approximate surface area is 121 Å². The van der Waals surface area contributed by atoms with E-state index < -0.39 is 6.04 Å².